The van der Waals surface area contributed by atoms with E-state index in [1.54, 1.807) is 12.1 Å². The Bertz CT molecular complexity index is 1160. The standard InChI is InChI=1S/C27H29N3O6/c1-17(31)25(27(35)30-36)29-26(34)23(15-18-9-13-22(32)14-10-18)28-24(33)16-19-7-11-21(12-8-19)20-5-3-2-4-6-20/h2-14,17,23,25,31-32,36H,15-16H2,1H3,(H,28,33)(H,29,34)(H,30,35)/t17-,23+,25+/m1/s1. The van der Waals surface area contributed by atoms with Crippen LogP contribution in [0.25, 0.3) is 11.1 Å². The summed E-state index contributed by atoms with van der Waals surface area (Å²) in [6.45, 7) is 1.28. The Labute approximate surface area is 208 Å². The lowest BCUT2D eigenvalue weighted by atomic mass is 10.0. The predicted octanol–water partition coefficient (Wildman–Crippen LogP) is 1.70. The van der Waals surface area contributed by atoms with Crippen LogP contribution in [0.3, 0.4) is 0 Å². The lowest BCUT2D eigenvalue weighted by Crippen LogP contribution is -2.57. The van der Waals surface area contributed by atoms with E-state index in [0.29, 0.717) is 5.56 Å². The summed E-state index contributed by atoms with van der Waals surface area (Å²) < 4.78 is 0. The smallest absolute Gasteiger partial charge is 0.268 e. The largest absolute Gasteiger partial charge is 0.508 e. The number of aliphatic hydroxyl groups excluding tert-OH is 1. The molecule has 188 valence electrons. The second-order valence-electron chi connectivity index (χ2n) is 8.43. The van der Waals surface area contributed by atoms with Crippen LogP contribution >= 0.6 is 0 Å². The molecular formula is C27H29N3O6. The van der Waals surface area contributed by atoms with Crippen LogP contribution in [0.1, 0.15) is 18.1 Å². The molecule has 0 aliphatic heterocycles. The lowest BCUT2D eigenvalue weighted by molar-refractivity contribution is -0.138. The van der Waals surface area contributed by atoms with Crippen molar-refractivity contribution in [3.63, 3.8) is 0 Å². The second kappa shape index (κ2) is 12.5. The first kappa shape index (κ1) is 26.4. The van der Waals surface area contributed by atoms with Gasteiger partial charge in [-0.15, -0.1) is 0 Å². The lowest BCUT2D eigenvalue weighted by Gasteiger charge is -2.24. The van der Waals surface area contributed by atoms with Crippen molar-refractivity contribution >= 4 is 17.7 Å². The molecule has 3 atom stereocenters. The van der Waals surface area contributed by atoms with E-state index in [9.17, 15) is 24.6 Å². The number of hydrogen-bond acceptors (Lipinski definition) is 6. The third-order valence-electron chi connectivity index (χ3n) is 5.63. The topological polar surface area (TPSA) is 148 Å². The van der Waals surface area contributed by atoms with E-state index in [4.69, 9.17) is 5.21 Å². The summed E-state index contributed by atoms with van der Waals surface area (Å²) in [4.78, 5) is 37.7. The average molecular weight is 492 g/mol. The molecule has 3 amide bonds. The maximum atomic E-state index is 13.0. The number of benzene rings is 3. The van der Waals surface area contributed by atoms with Gasteiger partial charge in [-0.2, -0.15) is 0 Å². The highest BCUT2D eigenvalue weighted by Crippen LogP contribution is 2.19. The second-order valence-corrected chi connectivity index (χ2v) is 8.43. The number of hydroxylamine groups is 1. The molecular weight excluding hydrogens is 462 g/mol. The molecule has 0 unspecified atom stereocenters. The molecule has 3 aromatic carbocycles. The highest BCUT2D eigenvalue weighted by atomic mass is 16.5. The molecule has 0 saturated carbocycles. The fourth-order valence-corrected chi connectivity index (χ4v) is 3.68. The monoisotopic (exact) mass is 491 g/mol. The number of aliphatic hydroxyl groups is 1. The van der Waals surface area contributed by atoms with Gasteiger partial charge in [-0.05, 0) is 41.3 Å². The van der Waals surface area contributed by atoms with Gasteiger partial charge in [-0.1, -0.05) is 66.7 Å². The molecule has 0 heterocycles. The van der Waals surface area contributed by atoms with E-state index in [1.807, 2.05) is 54.6 Å². The van der Waals surface area contributed by atoms with E-state index < -0.39 is 35.9 Å². The molecule has 9 heteroatoms. The number of amides is 3. The first-order valence-corrected chi connectivity index (χ1v) is 11.4. The molecule has 0 aliphatic carbocycles. The Morgan fingerprint density at radius 2 is 1.36 bits per heavy atom. The fourth-order valence-electron chi connectivity index (χ4n) is 3.68. The number of carbonyl (C=O) groups is 3. The van der Waals surface area contributed by atoms with Crippen LogP contribution in [0.2, 0.25) is 0 Å². The van der Waals surface area contributed by atoms with E-state index in [1.165, 1.54) is 24.5 Å². The minimum absolute atomic E-state index is 0.0192. The van der Waals surface area contributed by atoms with Crippen LogP contribution in [0.15, 0.2) is 78.9 Å². The zero-order chi connectivity index (χ0) is 26.1. The summed E-state index contributed by atoms with van der Waals surface area (Å²) >= 11 is 0. The normalized spacial score (nSPS) is 13.2. The van der Waals surface area contributed by atoms with Crippen LogP contribution in [-0.4, -0.2) is 51.3 Å². The Hall–Kier alpha value is -4.21. The fraction of sp³-hybridized carbons (Fsp3) is 0.222. The van der Waals surface area contributed by atoms with Gasteiger partial charge in [-0.25, -0.2) is 5.48 Å². The van der Waals surface area contributed by atoms with Crippen molar-refractivity contribution in [3.8, 4) is 16.9 Å². The van der Waals surface area contributed by atoms with Crippen LogP contribution in [-0.2, 0) is 27.2 Å². The molecule has 6 N–H and O–H groups in total. The molecule has 0 spiro atoms. The predicted molar refractivity (Wildman–Crippen MR) is 133 cm³/mol. The number of carbonyl (C=O) groups excluding carboxylic acids is 3. The average Bonchev–Trinajstić information content (AvgIpc) is 2.88. The van der Waals surface area contributed by atoms with E-state index >= 15 is 0 Å². The summed E-state index contributed by atoms with van der Waals surface area (Å²) in [6.07, 6.45) is -1.21. The van der Waals surface area contributed by atoms with Crippen molar-refractivity contribution in [2.24, 2.45) is 0 Å². The zero-order valence-corrected chi connectivity index (χ0v) is 19.7. The highest BCUT2D eigenvalue weighted by Gasteiger charge is 2.29. The van der Waals surface area contributed by atoms with Gasteiger partial charge in [0.15, 0.2) is 0 Å². The van der Waals surface area contributed by atoms with Gasteiger partial charge in [0.25, 0.3) is 5.91 Å². The molecule has 0 bridgehead atoms. The molecule has 0 fully saturated rings. The van der Waals surface area contributed by atoms with Gasteiger partial charge in [0.1, 0.15) is 17.8 Å². The summed E-state index contributed by atoms with van der Waals surface area (Å²) in [5.74, 6) is -2.07. The Morgan fingerprint density at radius 3 is 1.94 bits per heavy atom. The van der Waals surface area contributed by atoms with Gasteiger partial charge >= 0.3 is 0 Å². The Kier molecular flexibility index (Phi) is 9.15. The van der Waals surface area contributed by atoms with Crippen molar-refractivity contribution in [2.75, 3.05) is 0 Å². The number of aromatic hydroxyl groups is 1. The van der Waals surface area contributed by atoms with Gasteiger partial charge in [0.2, 0.25) is 11.8 Å². The third kappa shape index (κ3) is 7.39. The molecule has 3 rings (SSSR count). The van der Waals surface area contributed by atoms with E-state index in [2.05, 4.69) is 10.6 Å². The van der Waals surface area contributed by atoms with E-state index in [0.717, 1.165) is 16.7 Å². The van der Waals surface area contributed by atoms with Crippen molar-refractivity contribution in [1.82, 2.24) is 16.1 Å². The maximum Gasteiger partial charge on any atom is 0.268 e. The number of phenolic OH excluding ortho intramolecular Hbond substituents is 1. The molecule has 9 nitrogen and oxygen atoms in total. The highest BCUT2D eigenvalue weighted by molar-refractivity contribution is 5.92. The van der Waals surface area contributed by atoms with Gasteiger partial charge in [0, 0.05) is 6.42 Å². The molecule has 0 saturated heterocycles. The molecule has 3 aromatic rings. The first-order chi connectivity index (χ1) is 17.3. The number of nitrogens with one attached hydrogen (secondary N) is 3. The quantitative estimate of drug-likeness (QED) is 0.188. The SMILES string of the molecule is C[C@@H](O)[C@H](NC(=O)[C@H](Cc1ccc(O)cc1)NC(=O)Cc1ccc(-c2ccccc2)cc1)C(=O)NO. The van der Waals surface area contributed by atoms with Crippen LogP contribution in [0.5, 0.6) is 5.75 Å². The van der Waals surface area contributed by atoms with Crippen molar-refractivity contribution < 1.29 is 29.8 Å². The molecule has 36 heavy (non-hydrogen) atoms. The molecule has 0 radical (unpaired) electrons. The van der Waals surface area contributed by atoms with Crippen molar-refractivity contribution in [2.45, 2.75) is 38.0 Å². The van der Waals surface area contributed by atoms with Gasteiger partial charge < -0.3 is 20.8 Å². The molecule has 0 aromatic heterocycles. The van der Waals surface area contributed by atoms with Gasteiger partial charge in [-0.3, -0.25) is 19.6 Å². The number of rotatable bonds is 10. The Morgan fingerprint density at radius 1 is 0.778 bits per heavy atom. The summed E-state index contributed by atoms with van der Waals surface area (Å²) in [5.41, 5.74) is 4.87. The van der Waals surface area contributed by atoms with Crippen LogP contribution < -0.4 is 16.1 Å². The van der Waals surface area contributed by atoms with Crippen LogP contribution in [0.4, 0.5) is 0 Å². The summed E-state index contributed by atoms with van der Waals surface area (Å²) in [6, 6.07) is 20.9. The number of phenols is 1. The summed E-state index contributed by atoms with van der Waals surface area (Å²) in [7, 11) is 0. The van der Waals surface area contributed by atoms with E-state index in [-0.39, 0.29) is 18.6 Å². The number of hydrogen-bond donors (Lipinski definition) is 6. The summed E-state index contributed by atoms with van der Waals surface area (Å²) in [5, 5.41) is 33.3. The van der Waals surface area contributed by atoms with Crippen molar-refractivity contribution in [3.05, 3.63) is 90.0 Å². The van der Waals surface area contributed by atoms with Crippen molar-refractivity contribution in [1.29, 1.82) is 0 Å². The third-order valence-corrected chi connectivity index (χ3v) is 5.63. The zero-order valence-electron chi connectivity index (χ0n) is 19.7. The van der Waals surface area contributed by atoms with Gasteiger partial charge in [0.05, 0.1) is 12.5 Å². The first-order valence-electron chi connectivity index (χ1n) is 11.4. The molecule has 0 aliphatic rings. The Balaban J connectivity index is 1.72. The maximum absolute atomic E-state index is 13.0. The minimum Gasteiger partial charge on any atom is -0.508 e. The van der Waals surface area contributed by atoms with Crippen LogP contribution in [0, 0.1) is 0 Å². The minimum atomic E-state index is -1.42.